The molecule has 0 saturated heterocycles. The van der Waals surface area contributed by atoms with Crippen LogP contribution in [0.4, 0.5) is 5.69 Å². The highest BCUT2D eigenvalue weighted by Crippen LogP contribution is 2.22. The first kappa shape index (κ1) is 12.8. The van der Waals surface area contributed by atoms with Crippen LogP contribution in [0.15, 0.2) is 40.0 Å². The van der Waals surface area contributed by atoms with Gasteiger partial charge in [-0.3, -0.25) is 9.59 Å². The lowest BCUT2D eigenvalue weighted by atomic mass is 10.2. The average molecular weight is 329 g/mol. The van der Waals surface area contributed by atoms with Crippen LogP contribution in [0.3, 0.4) is 0 Å². The van der Waals surface area contributed by atoms with Gasteiger partial charge in [-0.2, -0.15) is 0 Å². The highest BCUT2D eigenvalue weighted by Gasteiger charge is 2.10. The normalized spacial score (nSPS) is 10.1. The van der Waals surface area contributed by atoms with Crippen LogP contribution in [0.2, 0.25) is 5.15 Å². The van der Waals surface area contributed by atoms with Gasteiger partial charge in [-0.15, -0.1) is 0 Å². The zero-order valence-corrected chi connectivity index (χ0v) is 11.2. The van der Waals surface area contributed by atoms with Crippen LogP contribution in [-0.2, 0) is 0 Å². The predicted octanol–water partition coefficient (Wildman–Crippen LogP) is 2.44. The number of carbonyl (C=O) groups is 1. The highest BCUT2D eigenvalue weighted by atomic mass is 79.9. The number of anilines is 1. The van der Waals surface area contributed by atoms with Crippen molar-refractivity contribution in [3.63, 3.8) is 0 Å². The zero-order chi connectivity index (χ0) is 13.1. The van der Waals surface area contributed by atoms with E-state index in [9.17, 15) is 9.59 Å². The van der Waals surface area contributed by atoms with E-state index in [1.807, 2.05) is 0 Å². The summed E-state index contributed by atoms with van der Waals surface area (Å²) in [5.41, 5.74) is 0.121. The molecule has 0 unspecified atom stereocenters. The molecule has 0 aromatic carbocycles. The van der Waals surface area contributed by atoms with Crippen LogP contribution in [0.5, 0.6) is 0 Å². The first-order valence-corrected chi connectivity index (χ1v) is 6.04. The van der Waals surface area contributed by atoms with Gasteiger partial charge in [0.15, 0.2) is 5.43 Å². The minimum atomic E-state index is -0.507. The molecule has 1 amide bonds. The Morgan fingerprint density at radius 2 is 2.28 bits per heavy atom. The Bertz CT molecular complexity index is 657. The smallest absolute Gasteiger partial charge is 0.261 e. The Kier molecular flexibility index (Phi) is 3.78. The lowest BCUT2D eigenvalue weighted by molar-refractivity contribution is 0.102. The number of hydrogen-bond acceptors (Lipinski definition) is 3. The molecule has 0 spiro atoms. The van der Waals surface area contributed by atoms with E-state index in [1.54, 1.807) is 6.07 Å². The first-order chi connectivity index (χ1) is 8.58. The van der Waals surface area contributed by atoms with Crippen molar-refractivity contribution >= 4 is 39.1 Å². The lowest BCUT2D eigenvalue weighted by Gasteiger charge is -2.05. The summed E-state index contributed by atoms with van der Waals surface area (Å²) in [5.74, 6) is -0.507. The topological polar surface area (TPSA) is 74.8 Å². The van der Waals surface area contributed by atoms with E-state index in [-0.39, 0.29) is 11.0 Å². The van der Waals surface area contributed by atoms with E-state index >= 15 is 0 Å². The molecule has 0 atom stereocenters. The van der Waals surface area contributed by atoms with E-state index in [4.69, 9.17) is 11.6 Å². The first-order valence-electron chi connectivity index (χ1n) is 4.87. The molecule has 5 nitrogen and oxygen atoms in total. The average Bonchev–Trinajstić information content (AvgIpc) is 2.34. The van der Waals surface area contributed by atoms with Gasteiger partial charge in [0.1, 0.15) is 10.7 Å². The maximum atomic E-state index is 11.8. The lowest BCUT2D eigenvalue weighted by Crippen LogP contribution is -2.20. The number of aromatic nitrogens is 2. The summed E-state index contributed by atoms with van der Waals surface area (Å²) in [6.45, 7) is 0. The Labute approximate surface area is 115 Å². The fourth-order valence-electron chi connectivity index (χ4n) is 1.28. The molecule has 92 valence electrons. The Morgan fingerprint density at radius 3 is 2.94 bits per heavy atom. The zero-order valence-electron chi connectivity index (χ0n) is 8.91. The summed E-state index contributed by atoms with van der Waals surface area (Å²) in [5, 5.41) is 2.85. The minimum Gasteiger partial charge on any atom is -0.367 e. The van der Waals surface area contributed by atoms with Gasteiger partial charge in [-0.05, 0) is 22.0 Å². The van der Waals surface area contributed by atoms with Crippen molar-refractivity contribution in [1.82, 2.24) is 9.97 Å². The molecule has 2 aromatic heterocycles. The van der Waals surface area contributed by atoms with Crippen molar-refractivity contribution in [3.8, 4) is 0 Å². The second-order valence-electron chi connectivity index (χ2n) is 3.37. The van der Waals surface area contributed by atoms with Gasteiger partial charge in [0, 0.05) is 18.5 Å². The SMILES string of the molecule is O=C(Nc1cnc(Cl)c(Br)c1)c1c[nH]ccc1=O. The van der Waals surface area contributed by atoms with Crippen LogP contribution >= 0.6 is 27.5 Å². The molecular formula is C11H7BrClN3O2. The van der Waals surface area contributed by atoms with Gasteiger partial charge in [0.2, 0.25) is 0 Å². The van der Waals surface area contributed by atoms with E-state index in [0.717, 1.165) is 0 Å². The number of pyridine rings is 2. The summed E-state index contributed by atoms with van der Waals surface area (Å²) in [6, 6.07) is 2.88. The number of carbonyl (C=O) groups excluding carboxylic acids is 1. The Balaban J connectivity index is 2.24. The minimum absolute atomic E-state index is 0.0311. The van der Waals surface area contributed by atoms with Crippen LogP contribution in [0.25, 0.3) is 0 Å². The highest BCUT2D eigenvalue weighted by molar-refractivity contribution is 9.10. The molecule has 0 bridgehead atoms. The second-order valence-corrected chi connectivity index (χ2v) is 4.59. The maximum absolute atomic E-state index is 11.8. The van der Waals surface area contributed by atoms with Crippen LogP contribution in [-0.4, -0.2) is 15.9 Å². The molecular weight excluding hydrogens is 321 g/mol. The number of nitrogens with zero attached hydrogens (tertiary/aromatic N) is 1. The second kappa shape index (κ2) is 5.32. The molecule has 0 fully saturated rings. The fourth-order valence-corrected chi connectivity index (χ4v) is 1.73. The molecule has 2 aromatic rings. The number of H-pyrrole nitrogens is 1. The molecule has 2 heterocycles. The molecule has 0 aliphatic carbocycles. The number of nitrogens with one attached hydrogen (secondary N) is 2. The third kappa shape index (κ3) is 2.77. The van der Waals surface area contributed by atoms with Gasteiger partial charge >= 0.3 is 0 Å². The van der Waals surface area contributed by atoms with Crippen molar-refractivity contribution in [2.45, 2.75) is 0 Å². The van der Waals surface area contributed by atoms with E-state index in [0.29, 0.717) is 15.3 Å². The summed E-state index contributed by atoms with van der Waals surface area (Å²) < 4.78 is 0.559. The Morgan fingerprint density at radius 1 is 1.50 bits per heavy atom. The predicted molar refractivity (Wildman–Crippen MR) is 72.0 cm³/mol. The third-order valence-corrected chi connectivity index (χ3v) is 3.26. The van der Waals surface area contributed by atoms with Gasteiger partial charge in [-0.1, -0.05) is 11.6 Å². The molecule has 7 heteroatoms. The Hall–Kier alpha value is -1.66. The fraction of sp³-hybridized carbons (Fsp3) is 0. The quantitative estimate of drug-likeness (QED) is 0.832. The molecule has 2 rings (SSSR count). The summed E-state index contributed by atoms with van der Waals surface area (Å²) in [4.78, 5) is 29.8. The maximum Gasteiger partial charge on any atom is 0.261 e. The number of amides is 1. The van der Waals surface area contributed by atoms with Crippen LogP contribution in [0, 0.1) is 0 Å². The molecule has 0 radical (unpaired) electrons. The number of aromatic amines is 1. The molecule has 0 aliphatic heterocycles. The van der Waals surface area contributed by atoms with Crippen molar-refractivity contribution in [2.75, 3.05) is 5.32 Å². The molecule has 2 N–H and O–H groups in total. The molecule has 0 saturated carbocycles. The third-order valence-electron chi connectivity index (χ3n) is 2.12. The van der Waals surface area contributed by atoms with Gasteiger partial charge in [0.25, 0.3) is 5.91 Å². The summed E-state index contributed by atoms with van der Waals surface area (Å²) in [7, 11) is 0. The van der Waals surface area contributed by atoms with Crippen LogP contribution in [0.1, 0.15) is 10.4 Å². The van der Waals surface area contributed by atoms with Crippen molar-refractivity contribution < 1.29 is 4.79 Å². The van der Waals surface area contributed by atoms with Gasteiger partial charge in [-0.25, -0.2) is 4.98 Å². The van der Waals surface area contributed by atoms with Crippen molar-refractivity contribution in [1.29, 1.82) is 0 Å². The number of hydrogen-bond donors (Lipinski definition) is 2. The summed E-state index contributed by atoms with van der Waals surface area (Å²) >= 11 is 8.93. The number of halogens is 2. The van der Waals surface area contributed by atoms with Crippen LogP contribution < -0.4 is 10.7 Å². The largest absolute Gasteiger partial charge is 0.367 e. The van der Waals surface area contributed by atoms with Gasteiger partial charge < -0.3 is 10.3 Å². The standard InChI is InChI=1S/C11H7BrClN3O2/c12-8-3-6(4-15-10(8)13)16-11(18)7-5-14-2-1-9(7)17/h1-5H,(H,14,17)(H,16,18). The van der Waals surface area contributed by atoms with Crippen molar-refractivity contribution in [2.24, 2.45) is 0 Å². The molecule has 18 heavy (non-hydrogen) atoms. The molecule has 0 aliphatic rings. The van der Waals surface area contributed by atoms with E-state index in [2.05, 4.69) is 31.2 Å². The van der Waals surface area contributed by atoms with E-state index in [1.165, 1.54) is 24.7 Å². The number of rotatable bonds is 2. The van der Waals surface area contributed by atoms with E-state index < -0.39 is 5.91 Å². The van der Waals surface area contributed by atoms with Crippen molar-refractivity contribution in [3.05, 3.63) is 56.1 Å². The van der Waals surface area contributed by atoms with Gasteiger partial charge in [0.05, 0.1) is 16.4 Å². The summed E-state index contributed by atoms with van der Waals surface area (Å²) in [6.07, 6.45) is 4.21. The monoisotopic (exact) mass is 327 g/mol.